The van der Waals surface area contributed by atoms with Crippen molar-refractivity contribution in [3.05, 3.63) is 64.3 Å². The summed E-state index contributed by atoms with van der Waals surface area (Å²) in [5.41, 5.74) is 3.48. The first-order chi connectivity index (χ1) is 11.2. The van der Waals surface area contributed by atoms with Crippen molar-refractivity contribution in [2.75, 3.05) is 0 Å². The van der Waals surface area contributed by atoms with Gasteiger partial charge in [-0.2, -0.15) is 5.10 Å². The zero-order chi connectivity index (χ0) is 16.0. The minimum absolute atomic E-state index is 0.00690. The predicted octanol–water partition coefficient (Wildman–Crippen LogP) is 4.12. The second kappa shape index (κ2) is 4.95. The summed E-state index contributed by atoms with van der Waals surface area (Å²) in [7, 11) is 0. The molecule has 0 atom stereocenters. The Morgan fingerprint density at radius 2 is 2.00 bits per heavy atom. The van der Waals surface area contributed by atoms with E-state index >= 15 is 0 Å². The Hall–Kier alpha value is -3.15. The number of aryl methyl sites for hydroxylation is 1. The summed E-state index contributed by atoms with van der Waals surface area (Å²) < 4.78 is 7.74. The van der Waals surface area contributed by atoms with Crippen LogP contribution in [0.3, 0.4) is 0 Å². The Morgan fingerprint density at radius 3 is 2.78 bits per heavy atom. The lowest BCUT2D eigenvalue weighted by Gasteiger charge is -2.08. The largest absolute Gasteiger partial charge is 0.454 e. The molecule has 1 aromatic heterocycles. The molecule has 0 aliphatic carbocycles. The van der Waals surface area contributed by atoms with Crippen LogP contribution in [0.4, 0.5) is 5.69 Å². The van der Waals surface area contributed by atoms with Crippen LogP contribution in [0.2, 0.25) is 0 Å². The number of fused-ring (bicyclic) bond motifs is 5. The molecule has 6 nitrogen and oxygen atoms in total. The Bertz CT molecular complexity index is 931. The number of non-ortho nitro benzene ring substituents is 1. The molecule has 0 bridgehead atoms. The van der Waals surface area contributed by atoms with Crippen molar-refractivity contribution in [1.29, 1.82) is 0 Å². The molecule has 6 heteroatoms. The number of hydrogen-bond donors (Lipinski definition) is 0. The van der Waals surface area contributed by atoms with Gasteiger partial charge in [0.05, 0.1) is 22.4 Å². The van der Waals surface area contributed by atoms with E-state index in [9.17, 15) is 10.1 Å². The third-order valence-electron chi connectivity index (χ3n) is 3.89. The molecule has 0 spiro atoms. The number of rotatable bonds is 2. The Balaban J connectivity index is 2.03. The first-order valence-corrected chi connectivity index (χ1v) is 7.32. The van der Waals surface area contributed by atoms with Gasteiger partial charge in [0.1, 0.15) is 11.4 Å². The van der Waals surface area contributed by atoms with E-state index in [0.29, 0.717) is 17.2 Å². The van der Waals surface area contributed by atoms with Crippen LogP contribution in [0.25, 0.3) is 16.9 Å². The lowest BCUT2D eigenvalue weighted by atomic mass is 10.1. The highest BCUT2D eigenvalue weighted by Gasteiger charge is 2.24. The molecule has 0 amide bonds. The number of nitro groups is 1. The summed E-state index contributed by atoms with van der Waals surface area (Å²) in [6, 6.07) is 14.2. The van der Waals surface area contributed by atoms with Gasteiger partial charge in [-0.05, 0) is 30.7 Å². The minimum atomic E-state index is -0.429. The van der Waals surface area contributed by atoms with Crippen LogP contribution in [0.5, 0.6) is 11.5 Å². The maximum atomic E-state index is 11.0. The molecule has 23 heavy (non-hydrogen) atoms. The van der Waals surface area contributed by atoms with Crippen molar-refractivity contribution in [3.8, 4) is 28.4 Å². The van der Waals surface area contributed by atoms with Gasteiger partial charge < -0.3 is 4.74 Å². The van der Waals surface area contributed by atoms with Crippen LogP contribution in [-0.4, -0.2) is 14.7 Å². The summed E-state index contributed by atoms with van der Waals surface area (Å²) in [5.74, 6) is 1.09. The predicted molar refractivity (Wildman–Crippen MR) is 85.1 cm³/mol. The van der Waals surface area contributed by atoms with E-state index < -0.39 is 4.92 Å². The number of nitrogens with zero attached hydrogens (tertiary/aromatic N) is 3. The third kappa shape index (κ3) is 2.07. The average Bonchev–Trinajstić information content (AvgIpc) is 2.94. The molecule has 0 radical (unpaired) electrons. The average molecular weight is 307 g/mol. The SMILES string of the molecule is CCc1cc2n(n1)-c1ccc([N+](=O)[O-])cc1Oc1ccccc1-2. The van der Waals surface area contributed by atoms with Gasteiger partial charge in [0.2, 0.25) is 0 Å². The molecule has 2 aromatic carbocycles. The molecule has 4 rings (SSSR count). The van der Waals surface area contributed by atoms with E-state index in [4.69, 9.17) is 4.74 Å². The lowest BCUT2D eigenvalue weighted by molar-refractivity contribution is -0.384. The van der Waals surface area contributed by atoms with Crippen LogP contribution in [0.15, 0.2) is 48.5 Å². The van der Waals surface area contributed by atoms with E-state index in [-0.39, 0.29) is 5.69 Å². The van der Waals surface area contributed by atoms with Crippen molar-refractivity contribution in [3.63, 3.8) is 0 Å². The number of aromatic nitrogens is 2. The normalized spacial score (nSPS) is 11.7. The molecule has 0 fully saturated rings. The van der Waals surface area contributed by atoms with Gasteiger partial charge in [0.25, 0.3) is 5.69 Å². The van der Waals surface area contributed by atoms with Crippen molar-refractivity contribution in [2.45, 2.75) is 13.3 Å². The number of ether oxygens (including phenoxy) is 1. The smallest absolute Gasteiger partial charge is 0.273 e. The highest BCUT2D eigenvalue weighted by Crippen LogP contribution is 2.42. The highest BCUT2D eigenvalue weighted by molar-refractivity contribution is 5.73. The zero-order valence-corrected chi connectivity index (χ0v) is 12.4. The van der Waals surface area contributed by atoms with Gasteiger partial charge in [0, 0.05) is 11.6 Å². The summed E-state index contributed by atoms with van der Waals surface area (Å²) >= 11 is 0. The van der Waals surface area contributed by atoms with Crippen LogP contribution in [0, 0.1) is 10.1 Å². The van der Waals surface area contributed by atoms with E-state index in [1.807, 2.05) is 37.3 Å². The summed E-state index contributed by atoms with van der Waals surface area (Å²) in [6.45, 7) is 2.04. The molecular weight excluding hydrogens is 294 g/mol. The molecule has 0 saturated heterocycles. The van der Waals surface area contributed by atoms with Crippen LogP contribution < -0.4 is 4.74 Å². The van der Waals surface area contributed by atoms with Gasteiger partial charge >= 0.3 is 0 Å². The molecule has 0 unspecified atom stereocenters. The van der Waals surface area contributed by atoms with Crippen LogP contribution >= 0.6 is 0 Å². The quantitative estimate of drug-likeness (QED) is 0.412. The van der Waals surface area contributed by atoms with E-state index in [1.54, 1.807) is 10.7 Å². The zero-order valence-electron chi connectivity index (χ0n) is 12.4. The Kier molecular flexibility index (Phi) is 2.90. The summed E-state index contributed by atoms with van der Waals surface area (Å²) in [4.78, 5) is 10.6. The number of nitro benzene ring substituents is 1. The van der Waals surface area contributed by atoms with Gasteiger partial charge in [-0.25, -0.2) is 4.68 Å². The molecule has 1 aliphatic heterocycles. The minimum Gasteiger partial charge on any atom is -0.454 e. The van der Waals surface area contributed by atoms with E-state index in [0.717, 1.165) is 23.4 Å². The van der Waals surface area contributed by atoms with Gasteiger partial charge in [0.15, 0.2) is 5.75 Å². The van der Waals surface area contributed by atoms with E-state index in [2.05, 4.69) is 5.10 Å². The number of para-hydroxylation sites is 1. The molecule has 114 valence electrons. The lowest BCUT2D eigenvalue weighted by Crippen LogP contribution is -2.00. The van der Waals surface area contributed by atoms with Crippen molar-refractivity contribution < 1.29 is 9.66 Å². The second-order valence-corrected chi connectivity index (χ2v) is 5.29. The Morgan fingerprint density at radius 1 is 1.17 bits per heavy atom. The standard InChI is InChI=1S/C17H13N3O3/c1-2-11-9-15-13-5-3-4-6-16(13)23-17-10-12(20(21)22)7-8-14(17)19(15)18-11/h3-10H,2H2,1H3. The Labute approximate surface area is 132 Å². The van der Waals surface area contributed by atoms with Crippen LogP contribution in [0.1, 0.15) is 12.6 Å². The third-order valence-corrected chi connectivity index (χ3v) is 3.89. The fourth-order valence-corrected chi connectivity index (χ4v) is 2.74. The molecule has 0 N–H and O–H groups in total. The first-order valence-electron chi connectivity index (χ1n) is 7.32. The highest BCUT2D eigenvalue weighted by atomic mass is 16.6. The van der Waals surface area contributed by atoms with E-state index in [1.165, 1.54) is 12.1 Å². The maximum Gasteiger partial charge on any atom is 0.273 e. The monoisotopic (exact) mass is 307 g/mol. The molecule has 2 heterocycles. The second-order valence-electron chi connectivity index (χ2n) is 5.29. The fraction of sp³-hybridized carbons (Fsp3) is 0.118. The van der Waals surface area contributed by atoms with Gasteiger partial charge in [-0.15, -0.1) is 0 Å². The fourth-order valence-electron chi connectivity index (χ4n) is 2.74. The maximum absolute atomic E-state index is 11.0. The van der Waals surface area contributed by atoms with Crippen LogP contribution in [-0.2, 0) is 6.42 Å². The topological polar surface area (TPSA) is 70.2 Å². The summed E-state index contributed by atoms with van der Waals surface area (Å²) in [6.07, 6.45) is 0.811. The number of hydrogen-bond acceptors (Lipinski definition) is 4. The van der Waals surface area contributed by atoms with Crippen molar-refractivity contribution >= 4 is 5.69 Å². The van der Waals surface area contributed by atoms with Crippen molar-refractivity contribution in [1.82, 2.24) is 9.78 Å². The molecule has 3 aromatic rings. The molecule has 1 aliphatic rings. The molecular formula is C17H13N3O3. The summed E-state index contributed by atoms with van der Waals surface area (Å²) in [5, 5.41) is 15.7. The first kappa shape index (κ1) is 13.5. The number of benzene rings is 2. The molecule has 0 saturated carbocycles. The van der Waals surface area contributed by atoms with Crippen molar-refractivity contribution in [2.24, 2.45) is 0 Å². The van der Waals surface area contributed by atoms with Gasteiger partial charge in [-0.3, -0.25) is 10.1 Å². The van der Waals surface area contributed by atoms with Gasteiger partial charge in [-0.1, -0.05) is 19.1 Å².